The van der Waals surface area contributed by atoms with Crippen molar-refractivity contribution in [2.45, 2.75) is 70.1 Å². The van der Waals surface area contributed by atoms with E-state index in [1.54, 1.807) is 0 Å². The van der Waals surface area contributed by atoms with Crippen LogP contribution in [0.15, 0.2) is 5.38 Å². The molecule has 1 aromatic heterocycles. The Labute approximate surface area is 132 Å². The highest BCUT2D eigenvalue weighted by molar-refractivity contribution is 7.99. The molecule has 1 aliphatic rings. The summed E-state index contributed by atoms with van der Waals surface area (Å²) in [6.07, 6.45) is 9.50. The van der Waals surface area contributed by atoms with E-state index in [1.165, 1.54) is 55.0 Å². The fourth-order valence-electron chi connectivity index (χ4n) is 2.73. The average molecular weight is 313 g/mol. The Balaban J connectivity index is 1.79. The van der Waals surface area contributed by atoms with Gasteiger partial charge in [-0.3, -0.25) is 0 Å². The van der Waals surface area contributed by atoms with Gasteiger partial charge in [0, 0.05) is 34.5 Å². The lowest BCUT2D eigenvalue weighted by atomic mass is 10.0. The quantitative estimate of drug-likeness (QED) is 0.769. The number of nitrogens with zero attached hydrogens (tertiary/aromatic N) is 1. The maximum Gasteiger partial charge on any atom is 0.0943 e. The van der Waals surface area contributed by atoms with Crippen molar-refractivity contribution < 1.29 is 0 Å². The van der Waals surface area contributed by atoms with Crippen molar-refractivity contribution in [3.8, 4) is 0 Å². The molecule has 0 radical (unpaired) electrons. The summed E-state index contributed by atoms with van der Waals surface area (Å²) in [5, 5.41) is 8.08. The van der Waals surface area contributed by atoms with Gasteiger partial charge in [-0.25, -0.2) is 4.98 Å². The van der Waals surface area contributed by atoms with E-state index in [0.29, 0.717) is 6.04 Å². The second kappa shape index (κ2) is 9.06. The molecule has 4 heteroatoms. The minimum atomic E-state index is 0.590. The van der Waals surface area contributed by atoms with E-state index in [1.807, 2.05) is 11.3 Å². The summed E-state index contributed by atoms with van der Waals surface area (Å²) in [5.74, 6) is 1.24. The monoisotopic (exact) mass is 312 g/mol. The third-order valence-electron chi connectivity index (χ3n) is 3.86. The van der Waals surface area contributed by atoms with Gasteiger partial charge in [0.25, 0.3) is 0 Å². The molecule has 1 atom stereocenters. The first-order chi connectivity index (χ1) is 9.78. The first kappa shape index (κ1) is 16.3. The maximum absolute atomic E-state index is 4.62. The largest absolute Gasteiger partial charge is 0.313 e. The van der Waals surface area contributed by atoms with Crippen LogP contribution in [0.5, 0.6) is 0 Å². The van der Waals surface area contributed by atoms with Gasteiger partial charge in [0.1, 0.15) is 0 Å². The molecule has 2 nitrogen and oxygen atoms in total. The number of hydrogen-bond donors (Lipinski definition) is 1. The molecule has 1 N–H and O–H groups in total. The minimum Gasteiger partial charge on any atom is -0.313 e. The minimum absolute atomic E-state index is 0.590. The van der Waals surface area contributed by atoms with Gasteiger partial charge in [-0.05, 0) is 32.7 Å². The van der Waals surface area contributed by atoms with E-state index >= 15 is 0 Å². The SMILES string of the molecule is CCCNC(CSC1CCCCC1)Cc1nc(C)cs1. The van der Waals surface area contributed by atoms with E-state index in [4.69, 9.17) is 0 Å². The Morgan fingerprint density at radius 1 is 1.40 bits per heavy atom. The summed E-state index contributed by atoms with van der Waals surface area (Å²) < 4.78 is 0. The summed E-state index contributed by atoms with van der Waals surface area (Å²) in [7, 11) is 0. The fourth-order valence-corrected chi connectivity index (χ4v) is 4.99. The molecular formula is C16H28N2S2. The molecule has 1 unspecified atom stereocenters. The Morgan fingerprint density at radius 3 is 2.85 bits per heavy atom. The standard InChI is InChI=1S/C16H28N2S2/c1-3-9-17-14(10-16-18-13(2)11-20-16)12-19-15-7-5-4-6-8-15/h11,14-15,17H,3-10,12H2,1-2H3. The Kier molecular flexibility index (Phi) is 7.39. The summed E-state index contributed by atoms with van der Waals surface area (Å²) >= 11 is 4.01. The predicted molar refractivity (Wildman–Crippen MR) is 92.0 cm³/mol. The van der Waals surface area contributed by atoms with Crippen LogP contribution in [-0.2, 0) is 6.42 Å². The van der Waals surface area contributed by atoms with E-state index < -0.39 is 0 Å². The molecular weight excluding hydrogens is 284 g/mol. The lowest BCUT2D eigenvalue weighted by molar-refractivity contribution is 0.511. The van der Waals surface area contributed by atoms with Crippen LogP contribution in [0.2, 0.25) is 0 Å². The van der Waals surface area contributed by atoms with Gasteiger partial charge in [-0.15, -0.1) is 11.3 Å². The van der Waals surface area contributed by atoms with Crippen LogP contribution in [-0.4, -0.2) is 28.6 Å². The molecule has 0 saturated heterocycles. The molecule has 1 aromatic rings. The van der Waals surface area contributed by atoms with Gasteiger partial charge in [-0.2, -0.15) is 11.8 Å². The van der Waals surface area contributed by atoms with E-state index in [2.05, 4.69) is 41.3 Å². The van der Waals surface area contributed by atoms with Gasteiger partial charge < -0.3 is 5.32 Å². The van der Waals surface area contributed by atoms with Crippen LogP contribution in [0.1, 0.15) is 56.2 Å². The molecule has 20 heavy (non-hydrogen) atoms. The first-order valence-electron chi connectivity index (χ1n) is 8.04. The number of rotatable bonds is 8. The molecule has 0 aliphatic heterocycles. The van der Waals surface area contributed by atoms with Crippen molar-refractivity contribution in [1.29, 1.82) is 0 Å². The molecule has 0 aromatic carbocycles. The van der Waals surface area contributed by atoms with Crippen molar-refractivity contribution in [3.05, 3.63) is 16.1 Å². The summed E-state index contributed by atoms with van der Waals surface area (Å²) in [5.41, 5.74) is 1.17. The van der Waals surface area contributed by atoms with E-state index in [-0.39, 0.29) is 0 Å². The molecule has 114 valence electrons. The van der Waals surface area contributed by atoms with Crippen LogP contribution in [0.25, 0.3) is 0 Å². The normalized spacial score (nSPS) is 18.3. The van der Waals surface area contributed by atoms with Crippen LogP contribution >= 0.6 is 23.1 Å². The summed E-state index contributed by atoms with van der Waals surface area (Å²) in [6.45, 7) is 5.46. The van der Waals surface area contributed by atoms with Gasteiger partial charge in [0.15, 0.2) is 0 Å². The number of nitrogens with one attached hydrogen (secondary N) is 1. The predicted octanol–water partition coefficient (Wildman–Crippen LogP) is 4.43. The van der Waals surface area contributed by atoms with Crippen LogP contribution in [0.3, 0.4) is 0 Å². The molecule has 1 fully saturated rings. The maximum atomic E-state index is 4.62. The molecule has 0 bridgehead atoms. The van der Waals surface area contributed by atoms with E-state index in [0.717, 1.165) is 18.2 Å². The second-order valence-corrected chi connectivity index (χ2v) is 8.11. The van der Waals surface area contributed by atoms with Crippen LogP contribution < -0.4 is 5.32 Å². The van der Waals surface area contributed by atoms with Gasteiger partial charge in [0.05, 0.1) is 5.01 Å². The number of thiazole rings is 1. The Hall–Kier alpha value is -0.0600. The van der Waals surface area contributed by atoms with Crippen molar-refractivity contribution in [2.24, 2.45) is 0 Å². The van der Waals surface area contributed by atoms with Crippen molar-refractivity contribution in [1.82, 2.24) is 10.3 Å². The number of thioether (sulfide) groups is 1. The molecule has 2 rings (SSSR count). The first-order valence-corrected chi connectivity index (χ1v) is 9.96. The zero-order chi connectivity index (χ0) is 14.2. The van der Waals surface area contributed by atoms with Crippen molar-refractivity contribution in [2.75, 3.05) is 12.3 Å². The van der Waals surface area contributed by atoms with Gasteiger partial charge in [-0.1, -0.05) is 26.2 Å². The Bertz CT molecular complexity index is 372. The van der Waals surface area contributed by atoms with Crippen molar-refractivity contribution >= 4 is 23.1 Å². The lowest BCUT2D eigenvalue weighted by Gasteiger charge is -2.24. The van der Waals surface area contributed by atoms with Gasteiger partial charge in [0.2, 0.25) is 0 Å². The number of aryl methyl sites for hydroxylation is 1. The lowest BCUT2D eigenvalue weighted by Crippen LogP contribution is -2.34. The third-order valence-corrected chi connectivity index (χ3v) is 6.38. The van der Waals surface area contributed by atoms with E-state index in [9.17, 15) is 0 Å². The highest BCUT2D eigenvalue weighted by atomic mass is 32.2. The zero-order valence-corrected chi connectivity index (χ0v) is 14.5. The van der Waals surface area contributed by atoms with Gasteiger partial charge >= 0.3 is 0 Å². The molecule has 0 amide bonds. The smallest absolute Gasteiger partial charge is 0.0943 e. The zero-order valence-electron chi connectivity index (χ0n) is 12.9. The molecule has 1 heterocycles. The number of hydrogen-bond acceptors (Lipinski definition) is 4. The number of aromatic nitrogens is 1. The second-order valence-electron chi connectivity index (χ2n) is 5.83. The van der Waals surface area contributed by atoms with Crippen molar-refractivity contribution in [3.63, 3.8) is 0 Å². The third kappa shape index (κ3) is 5.74. The van der Waals surface area contributed by atoms with Crippen LogP contribution in [0.4, 0.5) is 0 Å². The molecule has 1 aliphatic carbocycles. The average Bonchev–Trinajstić information content (AvgIpc) is 2.88. The highest BCUT2D eigenvalue weighted by Crippen LogP contribution is 2.29. The summed E-state index contributed by atoms with van der Waals surface area (Å²) in [6, 6.07) is 0.590. The summed E-state index contributed by atoms with van der Waals surface area (Å²) in [4.78, 5) is 4.62. The topological polar surface area (TPSA) is 24.9 Å². The van der Waals surface area contributed by atoms with Crippen LogP contribution in [0, 0.1) is 6.92 Å². The fraction of sp³-hybridized carbons (Fsp3) is 0.812. The molecule has 1 saturated carbocycles. The molecule has 0 spiro atoms. The Morgan fingerprint density at radius 2 is 2.20 bits per heavy atom. The highest BCUT2D eigenvalue weighted by Gasteiger charge is 2.17.